The smallest absolute Gasteiger partial charge is 0.233 e. The number of aryl methyl sites for hydroxylation is 1. The molecule has 2 aliphatic heterocycles. The molecule has 1 atom stereocenters. The first-order chi connectivity index (χ1) is 16.6. The van der Waals surface area contributed by atoms with Crippen molar-refractivity contribution in [3.8, 4) is 0 Å². The van der Waals surface area contributed by atoms with Crippen molar-refractivity contribution in [3.63, 3.8) is 0 Å². The van der Waals surface area contributed by atoms with E-state index in [4.69, 9.17) is 9.72 Å². The van der Waals surface area contributed by atoms with Crippen LogP contribution in [0.2, 0.25) is 0 Å². The van der Waals surface area contributed by atoms with Gasteiger partial charge in [-0.1, -0.05) is 54.1 Å². The van der Waals surface area contributed by atoms with Crippen LogP contribution in [0.1, 0.15) is 59.8 Å². The largest absolute Gasteiger partial charge is 0.381 e. The second-order valence-corrected chi connectivity index (χ2v) is 9.54. The number of rotatable bonds is 5. The number of halogens is 1. The average molecular weight is 459 g/mol. The molecular weight excluding hydrogens is 427 g/mol. The number of hydrogen-bond acceptors (Lipinski definition) is 3. The van der Waals surface area contributed by atoms with Gasteiger partial charge in [0.15, 0.2) is 0 Å². The van der Waals surface area contributed by atoms with Gasteiger partial charge in [-0.15, -0.1) is 0 Å². The summed E-state index contributed by atoms with van der Waals surface area (Å²) in [5.74, 6) is -0.0320. The van der Waals surface area contributed by atoms with Crippen LogP contribution < -0.4 is 0 Å². The van der Waals surface area contributed by atoms with Gasteiger partial charge in [-0.25, -0.2) is 4.39 Å². The molecule has 1 unspecified atom stereocenters. The average Bonchev–Trinajstić information content (AvgIpc) is 3.36. The zero-order chi connectivity index (χ0) is 23.5. The molecule has 3 heterocycles. The lowest BCUT2D eigenvalue weighted by molar-refractivity contribution is -0.142. The summed E-state index contributed by atoms with van der Waals surface area (Å²) in [6.07, 6.45) is 3.67. The van der Waals surface area contributed by atoms with Gasteiger partial charge in [0.05, 0.1) is 17.2 Å². The number of nitrogens with zero attached hydrogens (tertiary/aromatic N) is 2. The van der Waals surface area contributed by atoms with Crippen LogP contribution in [0.25, 0.3) is 0 Å². The summed E-state index contributed by atoms with van der Waals surface area (Å²) in [6.45, 7) is 3.99. The number of carbonyl (C=O) groups is 1. The van der Waals surface area contributed by atoms with Crippen molar-refractivity contribution in [2.24, 2.45) is 0 Å². The topological polar surface area (TPSA) is 42.4 Å². The molecule has 2 aromatic carbocycles. The van der Waals surface area contributed by atoms with Gasteiger partial charge in [-0.3, -0.25) is 9.78 Å². The van der Waals surface area contributed by atoms with Gasteiger partial charge in [0.1, 0.15) is 5.82 Å². The first-order valence-corrected chi connectivity index (χ1v) is 12.2. The van der Waals surface area contributed by atoms with Gasteiger partial charge in [0, 0.05) is 31.9 Å². The molecular formula is C29H31FN2O2. The fourth-order valence-corrected chi connectivity index (χ4v) is 5.43. The summed E-state index contributed by atoms with van der Waals surface area (Å²) in [6, 6.07) is 21.1. The zero-order valence-corrected chi connectivity index (χ0v) is 19.7. The molecule has 2 aliphatic rings. The molecule has 0 bridgehead atoms. The number of pyridine rings is 1. The van der Waals surface area contributed by atoms with Crippen molar-refractivity contribution in [2.45, 2.75) is 50.5 Å². The normalized spacial score (nSPS) is 19.8. The van der Waals surface area contributed by atoms with E-state index >= 15 is 0 Å². The van der Waals surface area contributed by atoms with Crippen LogP contribution in [-0.4, -0.2) is 35.5 Å². The molecule has 5 rings (SSSR count). The molecule has 34 heavy (non-hydrogen) atoms. The highest BCUT2D eigenvalue weighted by Gasteiger charge is 2.47. The van der Waals surface area contributed by atoms with Crippen LogP contribution in [0.3, 0.4) is 0 Å². The standard InChI is InChI=1S/C29H31FN2O2/c1-21-11-13-23(14-12-21)29(15-18-34-19-16-29)28(33)32-17-5-10-27(32)26-9-4-7-24(31-26)20-22-6-2-3-8-25(22)30/h2-4,6-9,11-14,27H,5,10,15-20H2,1H3. The SMILES string of the molecule is Cc1ccc(C2(C(=O)N3CCCC3c3cccc(Cc4ccccc4F)n3)CCOCC2)cc1. The third kappa shape index (κ3) is 4.37. The summed E-state index contributed by atoms with van der Waals surface area (Å²) < 4.78 is 19.9. The van der Waals surface area contributed by atoms with E-state index in [-0.39, 0.29) is 17.8 Å². The van der Waals surface area contributed by atoms with Gasteiger partial charge >= 0.3 is 0 Å². The van der Waals surface area contributed by atoms with Gasteiger partial charge in [0.25, 0.3) is 0 Å². The lowest BCUT2D eigenvalue weighted by atomic mass is 9.72. The minimum Gasteiger partial charge on any atom is -0.381 e. The van der Waals surface area contributed by atoms with E-state index in [2.05, 4.69) is 31.2 Å². The van der Waals surface area contributed by atoms with Crippen LogP contribution in [0.5, 0.6) is 0 Å². The van der Waals surface area contributed by atoms with Crippen LogP contribution in [-0.2, 0) is 21.4 Å². The summed E-state index contributed by atoms with van der Waals surface area (Å²) in [7, 11) is 0. The fourth-order valence-electron chi connectivity index (χ4n) is 5.43. The zero-order valence-electron chi connectivity index (χ0n) is 19.7. The molecule has 2 saturated heterocycles. The van der Waals surface area contributed by atoms with Crippen LogP contribution in [0.4, 0.5) is 4.39 Å². The maximum Gasteiger partial charge on any atom is 0.233 e. The minimum atomic E-state index is -0.556. The first-order valence-electron chi connectivity index (χ1n) is 12.2. The number of carbonyl (C=O) groups excluding carboxylic acids is 1. The number of hydrogen-bond donors (Lipinski definition) is 0. The predicted octanol–water partition coefficient (Wildman–Crippen LogP) is 5.53. The number of ether oxygens (including phenoxy) is 1. The Morgan fingerprint density at radius 1 is 1.06 bits per heavy atom. The number of likely N-dealkylation sites (tertiary alicyclic amines) is 1. The molecule has 5 heteroatoms. The lowest BCUT2D eigenvalue weighted by Crippen LogP contribution is -2.49. The Morgan fingerprint density at radius 2 is 1.82 bits per heavy atom. The number of amides is 1. The number of benzene rings is 2. The van der Waals surface area contributed by atoms with Crippen LogP contribution in [0.15, 0.2) is 66.7 Å². The van der Waals surface area contributed by atoms with E-state index in [0.717, 1.165) is 36.3 Å². The highest BCUT2D eigenvalue weighted by Crippen LogP contribution is 2.41. The van der Waals surface area contributed by atoms with Gasteiger partial charge in [0.2, 0.25) is 5.91 Å². The molecule has 4 nitrogen and oxygen atoms in total. The van der Waals surface area contributed by atoms with Crippen molar-refractivity contribution in [3.05, 3.63) is 101 Å². The Labute approximate surface area is 200 Å². The third-order valence-corrected chi connectivity index (χ3v) is 7.37. The molecule has 0 aliphatic carbocycles. The molecule has 0 spiro atoms. The molecule has 1 amide bonds. The summed E-state index contributed by atoms with van der Waals surface area (Å²) in [5, 5.41) is 0. The Kier molecular flexibility index (Phi) is 6.46. The highest BCUT2D eigenvalue weighted by atomic mass is 19.1. The van der Waals surface area contributed by atoms with Crippen molar-refractivity contribution in [2.75, 3.05) is 19.8 Å². The van der Waals surface area contributed by atoms with Crippen molar-refractivity contribution in [1.82, 2.24) is 9.88 Å². The molecule has 1 aromatic heterocycles. The lowest BCUT2D eigenvalue weighted by Gasteiger charge is -2.40. The maximum atomic E-state index is 14.2. The molecule has 0 radical (unpaired) electrons. The summed E-state index contributed by atoms with van der Waals surface area (Å²) >= 11 is 0. The third-order valence-electron chi connectivity index (χ3n) is 7.37. The van der Waals surface area contributed by atoms with E-state index in [0.29, 0.717) is 38.0 Å². The molecule has 3 aromatic rings. The Hall–Kier alpha value is -3.05. The molecule has 0 N–H and O–H groups in total. The predicted molar refractivity (Wildman–Crippen MR) is 130 cm³/mol. The quantitative estimate of drug-likeness (QED) is 0.505. The van der Waals surface area contributed by atoms with E-state index in [1.165, 1.54) is 11.6 Å². The summed E-state index contributed by atoms with van der Waals surface area (Å²) in [5.41, 5.74) is 4.06. The van der Waals surface area contributed by atoms with Crippen LogP contribution >= 0.6 is 0 Å². The van der Waals surface area contributed by atoms with Gasteiger partial charge < -0.3 is 9.64 Å². The Bertz CT molecular complexity index is 1150. The van der Waals surface area contributed by atoms with Crippen molar-refractivity contribution in [1.29, 1.82) is 0 Å². The fraction of sp³-hybridized carbons (Fsp3) is 0.379. The minimum absolute atomic E-state index is 0.0572. The molecule has 176 valence electrons. The van der Waals surface area contributed by atoms with E-state index in [9.17, 15) is 9.18 Å². The van der Waals surface area contributed by atoms with Gasteiger partial charge in [-0.2, -0.15) is 0 Å². The van der Waals surface area contributed by atoms with Crippen LogP contribution in [0, 0.1) is 12.7 Å². The Morgan fingerprint density at radius 3 is 2.59 bits per heavy atom. The second kappa shape index (κ2) is 9.67. The molecule has 0 saturated carbocycles. The van der Waals surface area contributed by atoms with E-state index in [1.54, 1.807) is 12.1 Å². The molecule has 2 fully saturated rings. The number of aromatic nitrogens is 1. The highest BCUT2D eigenvalue weighted by molar-refractivity contribution is 5.89. The Balaban J connectivity index is 1.43. The van der Waals surface area contributed by atoms with E-state index in [1.807, 2.05) is 29.2 Å². The maximum absolute atomic E-state index is 14.2. The monoisotopic (exact) mass is 458 g/mol. The summed E-state index contributed by atoms with van der Waals surface area (Å²) in [4.78, 5) is 21.1. The first kappa shape index (κ1) is 22.7. The van der Waals surface area contributed by atoms with Gasteiger partial charge in [-0.05, 0) is 61.9 Å². The van der Waals surface area contributed by atoms with Crippen molar-refractivity contribution < 1.29 is 13.9 Å². The van der Waals surface area contributed by atoms with E-state index < -0.39 is 5.41 Å². The second-order valence-electron chi connectivity index (χ2n) is 9.54. The van der Waals surface area contributed by atoms with Crippen molar-refractivity contribution >= 4 is 5.91 Å².